The number of aryl methyl sites for hydroxylation is 4. The number of carbonyl (C=O) groups is 1. The number of H-pyrrole nitrogens is 1. The van der Waals surface area contributed by atoms with Gasteiger partial charge < -0.3 is 19.6 Å². The molecule has 0 fully saturated rings. The number of aromatic amines is 1. The van der Waals surface area contributed by atoms with Crippen LogP contribution in [0.2, 0.25) is 0 Å². The highest BCUT2D eigenvalue weighted by atomic mass is 16.7. The summed E-state index contributed by atoms with van der Waals surface area (Å²) in [5, 5.41) is 10.3. The molecule has 1 aromatic heterocycles. The van der Waals surface area contributed by atoms with Crippen molar-refractivity contribution in [1.82, 2.24) is 4.98 Å². The van der Waals surface area contributed by atoms with Gasteiger partial charge in [0.25, 0.3) is 0 Å². The Kier molecular flexibility index (Phi) is 6.40. The largest absolute Gasteiger partial charge is 0.512 e. The number of rotatable bonds is 7. The highest BCUT2D eigenvalue weighted by Crippen LogP contribution is 2.36. The van der Waals surface area contributed by atoms with E-state index in [1.165, 1.54) is 11.1 Å². The standard InChI is InChI=1S/C28H29NO4/c1-17-15-19(3)20(4)25(16-17)32-14-8-13-24-23-12-7-11-22(21-10-6-5-9-18(21)2)26(23)29-27(24)33-28(30)31/h5-7,9-12,15-16,29H,8,13-14H2,1-4H3,(H,30,31). The minimum atomic E-state index is -1.33. The smallest absolute Gasteiger partial charge is 0.493 e. The molecule has 0 aliphatic heterocycles. The molecule has 0 unspecified atom stereocenters. The second kappa shape index (κ2) is 9.41. The first kappa shape index (κ1) is 22.5. The molecular formula is C28H29NO4. The van der Waals surface area contributed by atoms with E-state index in [1.54, 1.807) is 0 Å². The molecule has 0 spiro atoms. The fraction of sp³-hybridized carbons (Fsp3) is 0.250. The predicted octanol–water partition coefficient (Wildman–Crippen LogP) is 7.14. The summed E-state index contributed by atoms with van der Waals surface area (Å²) >= 11 is 0. The minimum Gasteiger partial charge on any atom is -0.493 e. The van der Waals surface area contributed by atoms with E-state index in [0.29, 0.717) is 13.0 Å². The van der Waals surface area contributed by atoms with Gasteiger partial charge in [-0.2, -0.15) is 0 Å². The SMILES string of the molecule is Cc1cc(C)c(C)c(OCCCc2c(OC(=O)O)[nH]c3c(-c4ccccc4C)cccc23)c1. The van der Waals surface area contributed by atoms with Crippen LogP contribution in [-0.4, -0.2) is 22.9 Å². The molecule has 4 rings (SSSR count). The van der Waals surface area contributed by atoms with Crippen LogP contribution < -0.4 is 9.47 Å². The van der Waals surface area contributed by atoms with Crippen LogP contribution in [0.4, 0.5) is 4.79 Å². The maximum atomic E-state index is 11.4. The average Bonchev–Trinajstić information content (AvgIpc) is 3.11. The monoisotopic (exact) mass is 443 g/mol. The Hall–Kier alpha value is -3.73. The molecule has 2 N–H and O–H groups in total. The molecule has 0 atom stereocenters. The molecule has 3 aromatic carbocycles. The fourth-order valence-electron chi connectivity index (χ4n) is 4.35. The van der Waals surface area contributed by atoms with E-state index in [-0.39, 0.29) is 5.88 Å². The summed E-state index contributed by atoms with van der Waals surface area (Å²) in [4.78, 5) is 14.6. The first-order valence-corrected chi connectivity index (χ1v) is 11.2. The molecule has 33 heavy (non-hydrogen) atoms. The molecule has 0 aliphatic rings. The van der Waals surface area contributed by atoms with Crippen LogP contribution in [0.5, 0.6) is 11.6 Å². The zero-order chi connectivity index (χ0) is 23.5. The van der Waals surface area contributed by atoms with Gasteiger partial charge in [0.2, 0.25) is 5.88 Å². The third kappa shape index (κ3) is 4.72. The van der Waals surface area contributed by atoms with Crippen LogP contribution in [0, 0.1) is 27.7 Å². The van der Waals surface area contributed by atoms with Gasteiger partial charge in [0.1, 0.15) is 5.75 Å². The van der Waals surface area contributed by atoms with Crippen molar-refractivity contribution in [3.8, 4) is 22.8 Å². The van der Waals surface area contributed by atoms with E-state index in [0.717, 1.165) is 50.9 Å². The Morgan fingerprint density at radius 2 is 1.70 bits per heavy atom. The number of hydrogen-bond acceptors (Lipinski definition) is 3. The zero-order valence-corrected chi connectivity index (χ0v) is 19.5. The van der Waals surface area contributed by atoms with Crippen molar-refractivity contribution in [2.24, 2.45) is 0 Å². The Morgan fingerprint density at radius 3 is 2.45 bits per heavy atom. The van der Waals surface area contributed by atoms with Gasteiger partial charge >= 0.3 is 6.16 Å². The summed E-state index contributed by atoms with van der Waals surface area (Å²) in [6.45, 7) is 8.81. The molecule has 0 amide bonds. The predicted molar refractivity (Wildman–Crippen MR) is 132 cm³/mol. The first-order valence-electron chi connectivity index (χ1n) is 11.2. The number of hydrogen-bond donors (Lipinski definition) is 2. The fourth-order valence-corrected chi connectivity index (χ4v) is 4.35. The minimum absolute atomic E-state index is 0.279. The molecule has 0 bridgehead atoms. The number of carboxylic acid groups (broad SMARTS) is 1. The van der Waals surface area contributed by atoms with Crippen molar-refractivity contribution in [2.75, 3.05) is 6.61 Å². The van der Waals surface area contributed by atoms with Crippen molar-refractivity contribution in [1.29, 1.82) is 0 Å². The molecular weight excluding hydrogens is 414 g/mol. The van der Waals surface area contributed by atoms with Crippen molar-refractivity contribution >= 4 is 17.1 Å². The highest BCUT2D eigenvalue weighted by molar-refractivity contribution is 5.98. The molecule has 0 aliphatic carbocycles. The van der Waals surface area contributed by atoms with Gasteiger partial charge in [-0.25, -0.2) is 4.79 Å². The lowest BCUT2D eigenvalue weighted by Crippen LogP contribution is -2.06. The van der Waals surface area contributed by atoms with Crippen LogP contribution in [-0.2, 0) is 6.42 Å². The van der Waals surface area contributed by atoms with Gasteiger partial charge in [-0.3, -0.25) is 0 Å². The Balaban J connectivity index is 1.62. The number of fused-ring (bicyclic) bond motifs is 1. The molecule has 5 heteroatoms. The maximum Gasteiger partial charge on any atom is 0.512 e. The highest BCUT2D eigenvalue weighted by Gasteiger charge is 2.18. The third-order valence-corrected chi connectivity index (χ3v) is 6.12. The number of nitrogens with one attached hydrogen (secondary N) is 1. The number of ether oxygens (including phenoxy) is 2. The van der Waals surface area contributed by atoms with Crippen LogP contribution in [0.25, 0.3) is 22.0 Å². The van der Waals surface area contributed by atoms with Crippen LogP contribution >= 0.6 is 0 Å². The molecule has 0 saturated carbocycles. The van der Waals surface area contributed by atoms with Gasteiger partial charge in [0, 0.05) is 16.5 Å². The normalized spacial score (nSPS) is 11.0. The van der Waals surface area contributed by atoms with Crippen molar-refractivity contribution in [2.45, 2.75) is 40.5 Å². The first-order chi connectivity index (χ1) is 15.8. The summed E-state index contributed by atoms with van der Waals surface area (Å²) in [6, 6.07) is 18.4. The van der Waals surface area contributed by atoms with E-state index in [1.807, 2.05) is 30.3 Å². The lowest BCUT2D eigenvalue weighted by molar-refractivity contribution is 0.142. The van der Waals surface area contributed by atoms with Gasteiger partial charge in [0.05, 0.1) is 12.1 Å². The molecule has 0 radical (unpaired) electrons. The van der Waals surface area contributed by atoms with Crippen LogP contribution in [0.3, 0.4) is 0 Å². The molecule has 0 saturated heterocycles. The summed E-state index contributed by atoms with van der Waals surface area (Å²) < 4.78 is 11.2. The van der Waals surface area contributed by atoms with Crippen LogP contribution in [0.15, 0.2) is 54.6 Å². The summed E-state index contributed by atoms with van der Waals surface area (Å²) in [5.74, 6) is 1.18. The summed E-state index contributed by atoms with van der Waals surface area (Å²) in [6.07, 6.45) is 0.0237. The molecule has 1 heterocycles. The van der Waals surface area contributed by atoms with Gasteiger partial charge in [-0.15, -0.1) is 0 Å². The van der Waals surface area contributed by atoms with Crippen LogP contribution in [0.1, 0.15) is 34.2 Å². The molecule has 5 nitrogen and oxygen atoms in total. The van der Waals surface area contributed by atoms with E-state index < -0.39 is 6.16 Å². The van der Waals surface area contributed by atoms with Gasteiger partial charge in [0.15, 0.2) is 0 Å². The number of aromatic nitrogens is 1. The van der Waals surface area contributed by atoms with E-state index in [4.69, 9.17) is 9.47 Å². The molecule has 170 valence electrons. The number of para-hydroxylation sites is 1. The second-order valence-electron chi connectivity index (χ2n) is 8.50. The van der Waals surface area contributed by atoms with Crippen molar-refractivity contribution < 1.29 is 19.4 Å². The summed E-state index contributed by atoms with van der Waals surface area (Å²) in [5.41, 5.74) is 8.53. The quantitative estimate of drug-likeness (QED) is 0.235. The van der Waals surface area contributed by atoms with E-state index in [9.17, 15) is 9.90 Å². The van der Waals surface area contributed by atoms with Crippen molar-refractivity contribution in [3.05, 3.63) is 82.4 Å². The third-order valence-electron chi connectivity index (χ3n) is 6.12. The van der Waals surface area contributed by atoms with Crippen molar-refractivity contribution in [3.63, 3.8) is 0 Å². The lowest BCUT2D eigenvalue weighted by atomic mass is 9.97. The Labute approximate surface area is 194 Å². The average molecular weight is 444 g/mol. The Bertz CT molecular complexity index is 1320. The summed E-state index contributed by atoms with van der Waals surface area (Å²) in [7, 11) is 0. The molecule has 4 aromatic rings. The Morgan fingerprint density at radius 1 is 0.939 bits per heavy atom. The zero-order valence-electron chi connectivity index (χ0n) is 19.5. The van der Waals surface area contributed by atoms with E-state index in [2.05, 4.69) is 56.9 Å². The lowest BCUT2D eigenvalue weighted by Gasteiger charge is -2.12. The second-order valence-corrected chi connectivity index (χ2v) is 8.50. The number of benzene rings is 3. The van der Waals surface area contributed by atoms with Gasteiger partial charge in [-0.1, -0.05) is 48.5 Å². The van der Waals surface area contributed by atoms with Gasteiger partial charge in [-0.05, 0) is 74.4 Å². The topological polar surface area (TPSA) is 71.6 Å². The van der Waals surface area contributed by atoms with E-state index >= 15 is 0 Å². The maximum absolute atomic E-state index is 11.4.